The van der Waals surface area contributed by atoms with E-state index in [1.807, 2.05) is 24.3 Å². The Labute approximate surface area is 95.8 Å². The maximum atomic E-state index is 10.9. The number of rotatable bonds is 3. The van der Waals surface area contributed by atoms with Crippen LogP contribution in [0.4, 0.5) is 0 Å². The van der Waals surface area contributed by atoms with Crippen LogP contribution in [0.2, 0.25) is 0 Å². The summed E-state index contributed by atoms with van der Waals surface area (Å²) in [5.74, 6) is -0.120. The van der Waals surface area contributed by atoms with Crippen LogP contribution in [0.5, 0.6) is 0 Å². The van der Waals surface area contributed by atoms with Crippen LogP contribution in [0, 0.1) is 3.57 Å². The highest BCUT2D eigenvalue weighted by molar-refractivity contribution is 14.1. The molecule has 0 saturated heterocycles. The smallest absolute Gasteiger partial charge is 0.235 e. The molecule has 0 fully saturated rings. The number of alkyl halides is 1. The second kappa shape index (κ2) is 5.44. The van der Waals surface area contributed by atoms with Crippen LogP contribution in [0.25, 0.3) is 0 Å². The first kappa shape index (κ1) is 10.8. The molecule has 70 valence electrons. The van der Waals surface area contributed by atoms with Gasteiger partial charge in [-0.2, -0.15) is 0 Å². The molecule has 0 radical (unpaired) electrons. The van der Waals surface area contributed by atoms with E-state index < -0.39 is 0 Å². The molecule has 1 N–H and O–H groups in total. The Kier molecular flexibility index (Phi) is 4.52. The molecule has 0 saturated carbocycles. The van der Waals surface area contributed by atoms with Crippen LogP contribution in [-0.2, 0) is 11.3 Å². The van der Waals surface area contributed by atoms with Crippen molar-refractivity contribution >= 4 is 40.1 Å². The fraction of sp³-hybridized carbons (Fsp3) is 0.222. The molecule has 1 aromatic rings. The van der Waals surface area contributed by atoms with Gasteiger partial charge in [-0.3, -0.25) is 4.79 Å². The van der Waals surface area contributed by atoms with Crippen molar-refractivity contribution < 1.29 is 4.79 Å². The maximum absolute atomic E-state index is 10.9. The van der Waals surface area contributed by atoms with Gasteiger partial charge in [0.25, 0.3) is 0 Å². The van der Waals surface area contributed by atoms with Gasteiger partial charge in [-0.05, 0) is 34.2 Å². The highest BCUT2D eigenvalue weighted by Crippen LogP contribution is 2.10. The standard InChI is InChI=1S/C9H9ClINO/c10-5-9(13)12-6-7-3-1-2-4-8(7)11/h1-4H,5-6H2,(H,12,13). The van der Waals surface area contributed by atoms with E-state index in [0.717, 1.165) is 9.13 Å². The molecule has 0 aliphatic rings. The van der Waals surface area contributed by atoms with E-state index in [2.05, 4.69) is 27.9 Å². The average molecular weight is 310 g/mol. The number of carbonyl (C=O) groups excluding carboxylic acids is 1. The highest BCUT2D eigenvalue weighted by Gasteiger charge is 2.00. The van der Waals surface area contributed by atoms with Crippen molar-refractivity contribution in [3.05, 3.63) is 33.4 Å². The lowest BCUT2D eigenvalue weighted by Crippen LogP contribution is -2.24. The minimum atomic E-state index is -0.138. The highest BCUT2D eigenvalue weighted by atomic mass is 127. The predicted molar refractivity (Wildman–Crippen MR) is 61.7 cm³/mol. The summed E-state index contributed by atoms with van der Waals surface area (Å²) in [6.45, 7) is 0.546. The van der Waals surface area contributed by atoms with Gasteiger partial charge in [0, 0.05) is 10.1 Å². The van der Waals surface area contributed by atoms with Gasteiger partial charge in [0.15, 0.2) is 0 Å². The fourth-order valence-corrected chi connectivity index (χ4v) is 1.56. The zero-order valence-electron chi connectivity index (χ0n) is 6.89. The number of benzene rings is 1. The first-order valence-corrected chi connectivity index (χ1v) is 5.41. The molecule has 0 spiro atoms. The van der Waals surface area contributed by atoms with E-state index in [0.29, 0.717) is 6.54 Å². The van der Waals surface area contributed by atoms with E-state index in [1.54, 1.807) is 0 Å². The topological polar surface area (TPSA) is 29.1 Å². The maximum Gasteiger partial charge on any atom is 0.235 e. The van der Waals surface area contributed by atoms with Crippen LogP contribution in [-0.4, -0.2) is 11.8 Å². The summed E-state index contributed by atoms with van der Waals surface area (Å²) in [5.41, 5.74) is 1.11. The van der Waals surface area contributed by atoms with Crippen molar-refractivity contribution in [3.63, 3.8) is 0 Å². The van der Waals surface area contributed by atoms with Crippen LogP contribution >= 0.6 is 34.2 Å². The van der Waals surface area contributed by atoms with Gasteiger partial charge in [0.1, 0.15) is 5.88 Å². The zero-order chi connectivity index (χ0) is 9.68. The third kappa shape index (κ3) is 3.52. The van der Waals surface area contributed by atoms with E-state index in [1.165, 1.54) is 0 Å². The number of hydrogen-bond donors (Lipinski definition) is 1. The molecule has 0 bridgehead atoms. The van der Waals surface area contributed by atoms with Gasteiger partial charge >= 0.3 is 0 Å². The lowest BCUT2D eigenvalue weighted by atomic mass is 10.2. The number of nitrogens with one attached hydrogen (secondary N) is 1. The Morgan fingerprint density at radius 3 is 2.77 bits per heavy atom. The van der Waals surface area contributed by atoms with Crippen LogP contribution < -0.4 is 5.32 Å². The number of amides is 1. The lowest BCUT2D eigenvalue weighted by molar-refractivity contribution is -0.118. The van der Waals surface area contributed by atoms with E-state index in [9.17, 15) is 4.79 Å². The molecule has 0 aliphatic heterocycles. The van der Waals surface area contributed by atoms with Crippen molar-refractivity contribution in [3.8, 4) is 0 Å². The van der Waals surface area contributed by atoms with Gasteiger partial charge in [-0.15, -0.1) is 11.6 Å². The third-order valence-electron chi connectivity index (χ3n) is 1.56. The Hall–Kier alpha value is -0.290. The summed E-state index contributed by atoms with van der Waals surface area (Å²) >= 11 is 7.58. The van der Waals surface area contributed by atoms with Crippen molar-refractivity contribution in [2.45, 2.75) is 6.54 Å². The molecular formula is C9H9ClINO. The summed E-state index contributed by atoms with van der Waals surface area (Å²) in [4.78, 5) is 10.9. The van der Waals surface area contributed by atoms with E-state index >= 15 is 0 Å². The largest absolute Gasteiger partial charge is 0.351 e. The first-order chi connectivity index (χ1) is 6.24. The van der Waals surface area contributed by atoms with Gasteiger partial charge in [-0.25, -0.2) is 0 Å². The molecule has 0 atom stereocenters. The molecule has 1 rings (SSSR count). The minimum Gasteiger partial charge on any atom is -0.351 e. The second-order valence-corrected chi connectivity index (χ2v) is 3.93. The molecular weight excluding hydrogens is 300 g/mol. The molecule has 0 heterocycles. The molecule has 4 heteroatoms. The molecule has 1 aromatic carbocycles. The summed E-state index contributed by atoms with van der Waals surface area (Å²) in [6, 6.07) is 7.90. The fourth-order valence-electron chi connectivity index (χ4n) is 0.883. The Morgan fingerprint density at radius 1 is 1.46 bits per heavy atom. The van der Waals surface area contributed by atoms with E-state index in [4.69, 9.17) is 11.6 Å². The summed E-state index contributed by atoms with van der Waals surface area (Å²) in [6.07, 6.45) is 0. The van der Waals surface area contributed by atoms with Crippen molar-refractivity contribution in [2.75, 3.05) is 5.88 Å². The average Bonchev–Trinajstić information content (AvgIpc) is 2.16. The Morgan fingerprint density at radius 2 is 2.15 bits per heavy atom. The SMILES string of the molecule is O=C(CCl)NCc1ccccc1I. The molecule has 0 unspecified atom stereocenters. The van der Waals surface area contributed by atoms with Crippen molar-refractivity contribution in [2.24, 2.45) is 0 Å². The van der Waals surface area contributed by atoms with Gasteiger partial charge < -0.3 is 5.32 Å². The molecule has 2 nitrogen and oxygen atoms in total. The predicted octanol–water partition coefficient (Wildman–Crippen LogP) is 2.15. The normalized spacial score (nSPS) is 9.69. The minimum absolute atomic E-state index is 0.0173. The summed E-state index contributed by atoms with van der Waals surface area (Å²) in [7, 11) is 0. The van der Waals surface area contributed by atoms with Gasteiger partial charge in [0.05, 0.1) is 0 Å². The van der Waals surface area contributed by atoms with Crippen LogP contribution in [0.3, 0.4) is 0 Å². The van der Waals surface area contributed by atoms with Crippen LogP contribution in [0.1, 0.15) is 5.56 Å². The monoisotopic (exact) mass is 309 g/mol. The van der Waals surface area contributed by atoms with E-state index in [-0.39, 0.29) is 11.8 Å². The van der Waals surface area contributed by atoms with Gasteiger partial charge in [0.2, 0.25) is 5.91 Å². The van der Waals surface area contributed by atoms with Crippen molar-refractivity contribution in [1.29, 1.82) is 0 Å². The quantitative estimate of drug-likeness (QED) is 0.673. The summed E-state index contributed by atoms with van der Waals surface area (Å²) < 4.78 is 1.15. The third-order valence-corrected chi connectivity index (χ3v) is 2.85. The lowest BCUT2D eigenvalue weighted by Gasteiger charge is -2.04. The first-order valence-electron chi connectivity index (χ1n) is 3.80. The van der Waals surface area contributed by atoms with Gasteiger partial charge in [-0.1, -0.05) is 18.2 Å². The van der Waals surface area contributed by atoms with Crippen LogP contribution in [0.15, 0.2) is 24.3 Å². The number of carbonyl (C=O) groups is 1. The summed E-state index contributed by atoms with van der Waals surface area (Å²) in [5, 5.41) is 2.71. The zero-order valence-corrected chi connectivity index (χ0v) is 9.80. The molecule has 1 amide bonds. The van der Waals surface area contributed by atoms with Crippen molar-refractivity contribution in [1.82, 2.24) is 5.32 Å². The Bertz CT molecular complexity index is 303. The number of halogens is 2. The molecule has 0 aliphatic carbocycles. The Balaban J connectivity index is 2.54. The number of hydrogen-bond acceptors (Lipinski definition) is 1. The second-order valence-electron chi connectivity index (χ2n) is 2.50. The molecule has 13 heavy (non-hydrogen) atoms. The molecule has 0 aromatic heterocycles.